The smallest absolute Gasteiger partial charge is 0.328 e. The summed E-state index contributed by atoms with van der Waals surface area (Å²) in [5, 5.41) is 2.82. The van der Waals surface area contributed by atoms with Gasteiger partial charge in [0.05, 0.1) is 13.7 Å². The summed E-state index contributed by atoms with van der Waals surface area (Å²) in [6.45, 7) is 8.89. The second kappa shape index (κ2) is 14.5. The van der Waals surface area contributed by atoms with E-state index in [1.165, 1.54) is 32.8 Å². The van der Waals surface area contributed by atoms with Crippen molar-refractivity contribution in [1.82, 2.24) is 10.3 Å². The number of ether oxygens (including phenoxy) is 2. The van der Waals surface area contributed by atoms with Crippen molar-refractivity contribution in [3.05, 3.63) is 60.4 Å². The molecule has 1 heterocycles. The number of oxazole rings is 1. The maximum absolute atomic E-state index is 12.4. The molecule has 210 valence electrons. The molecule has 0 spiro atoms. The zero-order chi connectivity index (χ0) is 28.3. The van der Waals surface area contributed by atoms with Gasteiger partial charge in [-0.3, -0.25) is 4.79 Å². The van der Waals surface area contributed by atoms with E-state index in [4.69, 9.17) is 13.9 Å². The Morgan fingerprint density at radius 1 is 0.949 bits per heavy atom. The summed E-state index contributed by atoms with van der Waals surface area (Å²) in [6.07, 6.45) is 8.34. The lowest BCUT2D eigenvalue weighted by Crippen LogP contribution is -2.44. The molecule has 39 heavy (non-hydrogen) atoms. The van der Waals surface area contributed by atoms with Gasteiger partial charge in [0.25, 0.3) is 0 Å². The number of esters is 1. The minimum absolute atomic E-state index is 0.174. The van der Waals surface area contributed by atoms with E-state index >= 15 is 0 Å². The van der Waals surface area contributed by atoms with Gasteiger partial charge in [0.1, 0.15) is 23.7 Å². The van der Waals surface area contributed by atoms with Crippen molar-refractivity contribution >= 4 is 11.9 Å². The Kier molecular flexibility index (Phi) is 11.1. The molecular weight excluding hydrogens is 492 g/mol. The second-order valence-corrected chi connectivity index (χ2v) is 11.1. The number of nitrogens with zero attached hydrogens (tertiary/aromatic N) is 1. The highest BCUT2D eigenvalue weighted by Crippen LogP contribution is 2.27. The molecule has 0 aliphatic rings. The molecule has 0 aliphatic heterocycles. The third-order valence-corrected chi connectivity index (χ3v) is 6.32. The van der Waals surface area contributed by atoms with Gasteiger partial charge in [0, 0.05) is 24.0 Å². The summed E-state index contributed by atoms with van der Waals surface area (Å²) in [4.78, 5) is 29.4. The van der Waals surface area contributed by atoms with Crippen molar-refractivity contribution in [2.24, 2.45) is 5.41 Å². The first-order valence-electron chi connectivity index (χ1n) is 13.8. The maximum Gasteiger partial charge on any atom is 0.328 e. The van der Waals surface area contributed by atoms with Crippen LogP contribution < -0.4 is 10.1 Å². The van der Waals surface area contributed by atoms with Gasteiger partial charge in [-0.15, -0.1) is 0 Å². The van der Waals surface area contributed by atoms with E-state index in [-0.39, 0.29) is 11.3 Å². The molecule has 0 bridgehead atoms. The van der Waals surface area contributed by atoms with Crippen LogP contribution in [0.3, 0.4) is 0 Å². The van der Waals surface area contributed by atoms with Gasteiger partial charge in [0.2, 0.25) is 11.8 Å². The third-order valence-electron chi connectivity index (χ3n) is 6.32. The number of unbranched alkanes of at least 4 members (excludes halogenated alkanes) is 4. The summed E-state index contributed by atoms with van der Waals surface area (Å²) in [5.41, 5.74) is 3.21. The first kappa shape index (κ1) is 29.9. The lowest BCUT2D eigenvalue weighted by molar-refractivity contribution is -0.145. The molecule has 1 aromatic heterocycles. The molecule has 3 aromatic rings. The topological polar surface area (TPSA) is 90.7 Å². The molecule has 0 aliphatic carbocycles. The predicted octanol–water partition coefficient (Wildman–Crippen LogP) is 6.99. The van der Waals surface area contributed by atoms with Gasteiger partial charge >= 0.3 is 5.97 Å². The molecule has 0 unspecified atom stereocenters. The highest BCUT2D eigenvalue weighted by molar-refractivity contribution is 5.85. The molecule has 2 aromatic carbocycles. The fraction of sp³-hybridized carbons (Fsp3) is 0.469. The van der Waals surface area contributed by atoms with E-state index in [0.717, 1.165) is 35.5 Å². The standard InChI is InChI=1S/C32H42N2O5/c1-6-7-8-9-10-19-38-26-17-15-25(16-18-26)30-34-28(22-39-30)24-13-11-23(12-14-24)20-27(31(36)37-5)33-29(35)21-32(2,3)4/h11-18,22,27H,6-10,19-21H2,1-5H3,(H,33,35)/t27-/m0/s1. The van der Waals surface area contributed by atoms with Gasteiger partial charge in [-0.2, -0.15) is 0 Å². The van der Waals surface area contributed by atoms with E-state index in [1.54, 1.807) is 6.26 Å². The number of hydrogen-bond acceptors (Lipinski definition) is 6. The number of methoxy groups -OCH3 is 1. The first-order valence-corrected chi connectivity index (χ1v) is 13.8. The number of nitrogens with one attached hydrogen (secondary N) is 1. The summed E-state index contributed by atoms with van der Waals surface area (Å²) in [7, 11) is 1.33. The molecule has 0 saturated carbocycles. The third kappa shape index (κ3) is 9.89. The predicted molar refractivity (Wildman–Crippen MR) is 153 cm³/mol. The number of carbonyl (C=O) groups excluding carboxylic acids is 2. The van der Waals surface area contributed by atoms with Crippen LogP contribution in [0.1, 0.15) is 71.8 Å². The maximum atomic E-state index is 12.4. The van der Waals surface area contributed by atoms with Crippen LogP contribution in [-0.4, -0.2) is 36.6 Å². The average Bonchev–Trinajstić information content (AvgIpc) is 3.40. The van der Waals surface area contributed by atoms with Gasteiger partial charge < -0.3 is 19.2 Å². The monoisotopic (exact) mass is 534 g/mol. The molecule has 7 heteroatoms. The minimum Gasteiger partial charge on any atom is -0.494 e. The van der Waals surface area contributed by atoms with Crippen LogP contribution in [-0.2, 0) is 20.7 Å². The average molecular weight is 535 g/mol. The van der Waals surface area contributed by atoms with Crippen LogP contribution in [0, 0.1) is 5.41 Å². The van der Waals surface area contributed by atoms with E-state index in [1.807, 2.05) is 69.3 Å². The largest absolute Gasteiger partial charge is 0.494 e. The van der Waals surface area contributed by atoms with Crippen LogP contribution in [0.25, 0.3) is 22.7 Å². The van der Waals surface area contributed by atoms with Crippen molar-refractivity contribution in [3.8, 4) is 28.5 Å². The lowest BCUT2D eigenvalue weighted by atomic mass is 9.91. The highest BCUT2D eigenvalue weighted by Gasteiger charge is 2.24. The summed E-state index contributed by atoms with van der Waals surface area (Å²) in [6, 6.07) is 14.7. The zero-order valence-corrected chi connectivity index (χ0v) is 23.9. The van der Waals surface area contributed by atoms with Crippen LogP contribution in [0.15, 0.2) is 59.2 Å². The number of amides is 1. The van der Waals surface area contributed by atoms with E-state index in [2.05, 4.69) is 17.2 Å². The SMILES string of the molecule is CCCCCCCOc1ccc(-c2nc(-c3ccc(C[C@H](NC(=O)CC(C)(C)C)C(=O)OC)cc3)co2)cc1. The molecule has 7 nitrogen and oxygen atoms in total. The molecule has 0 saturated heterocycles. The van der Waals surface area contributed by atoms with Gasteiger partial charge in [-0.1, -0.05) is 77.6 Å². The molecule has 1 atom stereocenters. The molecule has 1 amide bonds. The van der Waals surface area contributed by atoms with Crippen molar-refractivity contribution in [3.63, 3.8) is 0 Å². The Labute approximate surface area is 232 Å². The Morgan fingerprint density at radius 2 is 1.62 bits per heavy atom. The fourth-order valence-electron chi connectivity index (χ4n) is 4.24. The van der Waals surface area contributed by atoms with Crippen molar-refractivity contribution < 1.29 is 23.5 Å². The van der Waals surface area contributed by atoms with E-state index in [9.17, 15) is 9.59 Å². The molecule has 3 rings (SSSR count). The van der Waals surface area contributed by atoms with Crippen molar-refractivity contribution in [2.45, 2.75) is 78.7 Å². The number of benzene rings is 2. The number of aromatic nitrogens is 1. The van der Waals surface area contributed by atoms with Crippen molar-refractivity contribution in [2.75, 3.05) is 13.7 Å². The van der Waals surface area contributed by atoms with Crippen LogP contribution in [0.2, 0.25) is 0 Å². The van der Waals surface area contributed by atoms with E-state index in [0.29, 0.717) is 24.4 Å². The summed E-state index contributed by atoms with van der Waals surface area (Å²) >= 11 is 0. The van der Waals surface area contributed by atoms with Crippen LogP contribution in [0.5, 0.6) is 5.75 Å². The number of rotatable bonds is 14. The normalized spacial score (nSPS) is 12.1. The summed E-state index contributed by atoms with van der Waals surface area (Å²) in [5.74, 6) is 0.737. The fourth-order valence-corrected chi connectivity index (χ4v) is 4.24. The molecule has 1 N–H and O–H groups in total. The number of carbonyl (C=O) groups is 2. The van der Waals surface area contributed by atoms with Gasteiger partial charge in [-0.05, 0) is 41.7 Å². The minimum atomic E-state index is -0.748. The molecular formula is C32H42N2O5. The highest BCUT2D eigenvalue weighted by atomic mass is 16.5. The van der Waals surface area contributed by atoms with Crippen LogP contribution in [0.4, 0.5) is 0 Å². The molecule has 0 fully saturated rings. The summed E-state index contributed by atoms with van der Waals surface area (Å²) < 4.78 is 16.5. The molecule has 0 radical (unpaired) electrons. The van der Waals surface area contributed by atoms with Gasteiger partial charge in [-0.25, -0.2) is 9.78 Å². The first-order chi connectivity index (χ1) is 18.7. The van der Waals surface area contributed by atoms with Crippen LogP contribution >= 0.6 is 0 Å². The van der Waals surface area contributed by atoms with Gasteiger partial charge in [0.15, 0.2) is 0 Å². The second-order valence-electron chi connectivity index (χ2n) is 11.1. The van der Waals surface area contributed by atoms with E-state index < -0.39 is 12.0 Å². The lowest BCUT2D eigenvalue weighted by Gasteiger charge is -2.21. The number of hydrogen-bond donors (Lipinski definition) is 1. The Bertz CT molecular complexity index is 1180. The quantitative estimate of drug-likeness (QED) is 0.177. The van der Waals surface area contributed by atoms with Crippen molar-refractivity contribution in [1.29, 1.82) is 0 Å². The Morgan fingerprint density at radius 3 is 2.26 bits per heavy atom. The zero-order valence-electron chi connectivity index (χ0n) is 23.9. The Balaban J connectivity index is 1.58. The Hall–Kier alpha value is -3.61.